The van der Waals surface area contributed by atoms with Crippen molar-refractivity contribution in [1.29, 1.82) is 0 Å². The Morgan fingerprint density at radius 1 is 1.50 bits per heavy atom. The molecule has 4 heteroatoms. The van der Waals surface area contributed by atoms with Crippen LogP contribution in [0.4, 0.5) is 0 Å². The van der Waals surface area contributed by atoms with Gasteiger partial charge in [-0.15, -0.1) is 0 Å². The summed E-state index contributed by atoms with van der Waals surface area (Å²) < 4.78 is 0. The van der Waals surface area contributed by atoms with Crippen LogP contribution in [0.25, 0.3) is 0 Å². The van der Waals surface area contributed by atoms with Crippen molar-refractivity contribution in [3.8, 4) is 0 Å². The minimum Gasteiger partial charge on any atom is -0.368 e. The summed E-state index contributed by atoms with van der Waals surface area (Å²) in [6.45, 7) is 2.02. The lowest BCUT2D eigenvalue weighted by Crippen LogP contribution is -2.40. The molecule has 84 valence electrons. The number of primary amides is 1. The van der Waals surface area contributed by atoms with E-state index >= 15 is 0 Å². The average molecular weight is 217 g/mol. The van der Waals surface area contributed by atoms with Crippen molar-refractivity contribution in [2.24, 2.45) is 10.8 Å². The van der Waals surface area contributed by atoms with Crippen LogP contribution in [0.5, 0.6) is 0 Å². The zero-order valence-electron chi connectivity index (χ0n) is 9.21. The first kappa shape index (κ1) is 10.7. The van der Waals surface area contributed by atoms with E-state index in [0.717, 1.165) is 5.56 Å². The zero-order chi connectivity index (χ0) is 11.5. The number of benzene rings is 1. The molecule has 0 saturated heterocycles. The molecule has 1 heterocycles. The van der Waals surface area contributed by atoms with Crippen LogP contribution in [-0.2, 0) is 4.79 Å². The van der Waals surface area contributed by atoms with E-state index in [4.69, 9.17) is 5.73 Å². The predicted molar refractivity (Wildman–Crippen MR) is 62.8 cm³/mol. The molecule has 0 aliphatic carbocycles. The van der Waals surface area contributed by atoms with Gasteiger partial charge in [0.05, 0.1) is 6.04 Å². The molecule has 1 unspecified atom stereocenters. The van der Waals surface area contributed by atoms with Gasteiger partial charge in [-0.1, -0.05) is 30.3 Å². The SMILES string of the molecule is C[C@H](c1ccccc1)N1N=CCC1C(N)=O. The summed E-state index contributed by atoms with van der Waals surface area (Å²) in [5.74, 6) is -0.319. The number of hydrogen-bond acceptors (Lipinski definition) is 3. The number of nitrogens with zero attached hydrogens (tertiary/aromatic N) is 2. The number of hydrazone groups is 1. The highest BCUT2D eigenvalue weighted by molar-refractivity contribution is 5.84. The van der Waals surface area contributed by atoms with Gasteiger partial charge in [-0.25, -0.2) is 0 Å². The van der Waals surface area contributed by atoms with Crippen LogP contribution in [0.2, 0.25) is 0 Å². The molecule has 0 spiro atoms. The first-order valence-electron chi connectivity index (χ1n) is 5.35. The molecule has 2 atom stereocenters. The molecule has 0 aromatic heterocycles. The van der Waals surface area contributed by atoms with Gasteiger partial charge in [-0.05, 0) is 12.5 Å². The Labute approximate surface area is 94.7 Å². The largest absolute Gasteiger partial charge is 0.368 e. The average Bonchev–Trinajstić information content (AvgIpc) is 2.78. The van der Waals surface area contributed by atoms with E-state index in [0.29, 0.717) is 6.42 Å². The molecule has 0 saturated carbocycles. The van der Waals surface area contributed by atoms with Gasteiger partial charge >= 0.3 is 0 Å². The molecular formula is C12H15N3O. The number of amides is 1. The molecule has 0 fully saturated rings. The second-order valence-corrected chi connectivity index (χ2v) is 3.92. The van der Waals surface area contributed by atoms with Crippen molar-refractivity contribution in [3.05, 3.63) is 35.9 Å². The molecule has 0 radical (unpaired) electrons. The summed E-state index contributed by atoms with van der Waals surface area (Å²) >= 11 is 0. The first-order chi connectivity index (χ1) is 7.70. The summed E-state index contributed by atoms with van der Waals surface area (Å²) in [4.78, 5) is 11.2. The van der Waals surface area contributed by atoms with Crippen molar-refractivity contribution in [2.45, 2.75) is 25.4 Å². The lowest BCUT2D eigenvalue weighted by molar-refractivity contribution is -0.123. The summed E-state index contributed by atoms with van der Waals surface area (Å²) in [6, 6.07) is 9.73. The van der Waals surface area contributed by atoms with Gasteiger partial charge in [0.2, 0.25) is 5.91 Å². The number of carbonyl (C=O) groups excluding carboxylic acids is 1. The van der Waals surface area contributed by atoms with E-state index in [-0.39, 0.29) is 18.0 Å². The number of carbonyl (C=O) groups is 1. The third-order valence-corrected chi connectivity index (χ3v) is 2.87. The van der Waals surface area contributed by atoms with E-state index in [2.05, 4.69) is 5.10 Å². The van der Waals surface area contributed by atoms with Crippen LogP contribution in [0.3, 0.4) is 0 Å². The maximum Gasteiger partial charge on any atom is 0.242 e. The molecule has 4 nitrogen and oxygen atoms in total. The lowest BCUT2D eigenvalue weighted by atomic mass is 10.1. The molecule has 1 aliphatic rings. The summed E-state index contributed by atoms with van der Waals surface area (Å²) in [5.41, 5.74) is 6.48. The van der Waals surface area contributed by atoms with Gasteiger partial charge in [0.1, 0.15) is 6.04 Å². The molecule has 2 N–H and O–H groups in total. The van der Waals surface area contributed by atoms with Crippen molar-refractivity contribution in [2.75, 3.05) is 0 Å². The highest BCUT2D eigenvalue weighted by Crippen LogP contribution is 2.26. The maximum atomic E-state index is 11.2. The Morgan fingerprint density at radius 3 is 2.81 bits per heavy atom. The summed E-state index contributed by atoms with van der Waals surface area (Å²) in [5, 5.41) is 6.00. The normalized spacial score (nSPS) is 21.1. The fourth-order valence-corrected chi connectivity index (χ4v) is 1.93. The Kier molecular flexibility index (Phi) is 2.90. The Bertz CT molecular complexity index is 402. The third kappa shape index (κ3) is 1.91. The van der Waals surface area contributed by atoms with E-state index in [9.17, 15) is 4.79 Å². The van der Waals surface area contributed by atoms with E-state index in [1.165, 1.54) is 0 Å². The van der Waals surface area contributed by atoms with Gasteiger partial charge in [-0.2, -0.15) is 5.10 Å². The molecular weight excluding hydrogens is 202 g/mol. The van der Waals surface area contributed by atoms with Crippen LogP contribution in [0.1, 0.15) is 24.9 Å². The molecule has 1 aromatic carbocycles. The highest BCUT2D eigenvalue weighted by atomic mass is 16.1. The number of hydrogen-bond donors (Lipinski definition) is 1. The first-order valence-corrected chi connectivity index (χ1v) is 5.35. The Balaban J connectivity index is 2.19. The zero-order valence-corrected chi connectivity index (χ0v) is 9.21. The summed E-state index contributed by atoms with van der Waals surface area (Å²) in [6.07, 6.45) is 2.35. The van der Waals surface area contributed by atoms with Gasteiger partial charge in [0.15, 0.2) is 0 Å². The molecule has 1 amide bonds. The standard InChI is InChI=1S/C12H15N3O/c1-9(10-5-3-2-4-6-10)15-11(12(13)16)7-8-14-15/h2-6,8-9,11H,7H2,1H3,(H2,13,16)/t9-,11?/m1/s1. The van der Waals surface area contributed by atoms with E-state index in [1.54, 1.807) is 11.2 Å². The van der Waals surface area contributed by atoms with E-state index in [1.807, 2.05) is 37.3 Å². The molecule has 1 aromatic rings. The Morgan fingerprint density at radius 2 is 2.19 bits per heavy atom. The monoisotopic (exact) mass is 217 g/mol. The van der Waals surface area contributed by atoms with Crippen LogP contribution in [0, 0.1) is 0 Å². The van der Waals surface area contributed by atoms with Crippen LogP contribution in [-0.4, -0.2) is 23.2 Å². The van der Waals surface area contributed by atoms with Crippen LogP contribution < -0.4 is 5.73 Å². The second kappa shape index (κ2) is 4.35. The maximum absolute atomic E-state index is 11.2. The minimum atomic E-state index is -0.319. The minimum absolute atomic E-state index is 0.0671. The third-order valence-electron chi connectivity index (χ3n) is 2.87. The smallest absolute Gasteiger partial charge is 0.242 e. The van der Waals surface area contributed by atoms with Gasteiger partial charge in [-0.3, -0.25) is 9.80 Å². The summed E-state index contributed by atoms with van der Waals surface area (Å²) in [7, 11) is 0. The quantitative estimate of drug-likeness (QED) is 0.829. The molecule has 0 bridgehead atoms. The lowest BCUT2D eigenvalue weighted by Gasteiger charge is -2.28. The molecule has 16 heavy (non-hydrogen) atoms. The topological polar surface area (TPSA) is 58.7 Å². The van der Waals surface area contributed by atoms with Crippen molar-refractivity contribution < 1.29 is 4.79 Å². The molecule has 1 aliphatic heterocycles. The predicted octanol–water partition coefficient (Wildman–Crippen LogP) is 1.29. The highest BCUT2D eigenvalue weighted by Gasteiger charge is 2.30. The number of rotatable bonds is 3. The van der Waals surface area contributed by atoms with Crippen molar-refractivity contribution in [1.82, 2.24) is 5.01 Å². The van der Waals surface area contributed by atoms with Crippen molar-refractivity contribution in [3.63, 3.8) is 0 Å². The van der Waals surface area contributed by atoms with Crippen molar-refractivity contribution >= 4 is 12.1 Å². The number of nitrogens with two attached hydrogens (primary N) is 1. The van der Waals surface area contributed by atoms with Crippen LogP contribution in [0.15, 0.2) is 35.4 Å². The Hall–Kier alpha value is -1.84. The second-order valence-electron chi connectivity index (χ2n) is 3.92. The van der Waals surface area contributed by atoms with Gasteiger partial charge < -0.3 is 5.73 Å². The van der Waals surface area contributed by atoms with Gasteiger partial charge in [0.25, 0.3) is 0 Å². The fourth-order valence-electron chi connectivity index (χ4n) is 1.93. The van der Waals surface area contributed by atoms with Crippen LogP contribution >= 0.6 is 0 Å². The van der Waals surface area contributed by atoms with Gasteiger partial charge in [0, 0.05) is 12.6 Å². The fraction of sp³-hybridized carbons (Fsp3) is 0.333. The molecule has 2 rings (SSSR count). The van der Waals surface area contributed by atoms with E-state index < -0.39 is 0 Å².